The average molecular weight is 506 g/mol. The molecule has 2 aliphatic rings. The fourth-order valence-electron chi connectivity index (χ4n) is 5.60. The molecule has 200 valence electrons. The van der Waals surface area contributed by atoms with E-state index in [0.717, 1.165) is 62.0 Å². The van der Waals surface area contributed by atoms with Gasteiger partial charge in [0, 0.05) is 56.1 Å². The SMILES string of the molecule is CCN(C(=NC)c1ccc(N2CCOCC2)cc1)c1ccc(C(CC(N)=O)NCC2CCCCC2)cc1. The number of amides is 1. The van der Waals surface area contributed by atoms with Crippen LogP contribution >= 0.6 is 0 Å². The van der Waals surface area contributed by atoms with Crippen LogP contribution in [0.3, 0.4) is 0 Å². The number of hydrogen-bond donors (Lipinski definition) is 2. The normalized spacial score (nSPS) is 18.0. The van der Waals surface area contributed by atoms with Crippen LogP contribution in [0, 0.1) is 5.92 Å². The topological polar surface area (TPSA) is 83.2 Å². The summed E-state index contributed by atoms with van der Waals surface area (Å²) in [6.07, 6.45) is 6.82. The summed E-state index contributed by atoms with van der Waals surface area (Å²) in [4.78, 5) is 21.1. The Hall–Kier alpha value is -2.90. The Kier molecular flexibility index (Phi) is 9.97. The van der Waals surface area contributed by atoms with E-state index in [1.54, 1.807) is 0 Å². The molecule has 0 radical (unpaired) electrons. The molecule has 1 atom stereocenters. The molecule has 2 fully saturated rings. The van der Waals surface area contributed by atoms with Crippen molar-refractivity contribution in [2.45, 2.75) is 51.5 Å². The first-order chi connectivity index (χ1) is 18.1. The predicted molar refractivity (Wildman–Crippen MR) is 153 cm³/mol. The van der Waals surface area contributed by atoms with E-state index in [4.69, 9.17) is 10.5 Å². The Morgan fingerprint density at radius 3 is 2.35 bits per heavy atom. The van der Waals surface area contributed by atoms with Crippen LogP contribution in [0.4, 0.5) is 11.4 Å². The van der Waals surface area contributed by atoms with Gasteiger partial charge in [-0.2, -0.15) is 0 Å². The van der Waals surface area contributed by atoms with Gasteiger partial charge in [0.25, 0.3) is 0 Å². The lowest BCUT2D eigenvalue weighted by molar-refractivity contribution is -0.118. The van der Waals surface area contributed by atoms with Crippen molar-refractivity contribution < 1.29 is 9.53 Å². The van der Waals surface area contributed by atoms with E-state index in [-0.39, 0.29) is 11.9 Å². The molecule has 2 aromatic rings. The summed E-state index contributed by atoms with van der Waals surface area (Å²) in [5, 5.41) is 3.64. The maximum atomic E-state index is 11.8. The molecule has 7 nitrogen and oxygen atoms in total. The summed E-state index contributed by atoms with van der Waals surface area (Å²) in [5.41, 5.74) is 10.1. The number of primary amides is 1. The largest absolute Gasteiger partial charge is 0.378 e. The molecule has 1 saturated carbocycles. The molecule has 1 amide bonds. The molecule has 7 heteroatoms. The number of nitrogens with two attached hydrogens (primary N) is 1. The minimum Gasteiger partial charge on any atom is -0.378 e. The second kappa shape index (κ2) is 13.6. The van der Waals surface area contributed by atoms with Crippen LogP contribution in [0.25, 0.3) is 0 Å². The number of morpholine rings is 1. The van der Waals surface area contributed by atoms with Gasteiger partial charge in [-0.1, -0.05) is 31.4 Å². The number of rotatable bonds is 10. The summed E-state index contributed by atoms with van der Waals surface area (Å²) in [5.74, 6) is 1.35. The summed E-state index contributed by atoms with van der Waals surface area (Å²) in [6.45, 7) is 7.28. The van der Waals surface area contributed by atoms with Gasteiger partial charge in [-0.05, 0) is 74.2 Å². The van der Waals surface area contributed by atoms with Crippen molar-refractivity contribution in [1.82, 2.24) is 5.32 Å². The van der Waals surface area contributed by atoms with Gasteiger partial charge in [-0.25, -0.2) is 0 Å². The Morgan fingerprint density at radius 1 is 1.08 bits per heavy atom. The molecule has 0 spiro atoms. The second-order valence-corrected chi connectivity index (χ2v) is 10.2. The average Bonchev–Trinajstić information content (AvgIpc) is 2.95. The van der Waals surface area contributed by atoms with E-state index < -0.39 is 0 Å². The Labute approximate surface area is 222 Å². The number of nitrogens with one attached hydrogen (secondary N) is 1. The zero-order valence-corrected chi connectivity index (χ0v) is 22.5. The van der Waals surface area contributed by atoms with Crippen LogP contribution in [0.5, 0.6) is 0 Å². The molecule has 1 aliphatic carbocycles. The van der Waals surface area contributed by atoms with Gasteiger partial charge in [0.2, 0.25) is 5.91 Å². The fourth-order valence-corrected chi connectivity index (χ4v) is 5.60. The van der Waals surface area contributed by atoms with Gasteiger partial charge in [0.05, 0.1) is 13.2 Å². The van der Waals surface area contributed by atoms with Gasteiger partial charge in [-0.3, -0.25) is 9.79 Å². The first-order valence-corrected chi connectivity index (χ1v) is 13.9. The monoisotopic (exact) mass is 505 g/mol. The van der Waals surface area contributed by atoms with Gasteiger partial charge >= 0.3 is 0 Å². The number of amidine groups is 1. The lowest BCUT2D eigenvalue weighted by Crippen LogP contribution is -2.36. The van der Waals surface area contributed by atoms with Gasteiger partial charge in [0.15, 0.2) is 0 Å². The molecule has 4 rings (SSSR count). The summed E-state index contributed by atoms with van der Waals surface area (Å²) < 4.78 is 5.48. The van der Waals surface area contributed by atoms with Crippen LogP contribution in [-0.4, -0.2) is 58.2 Å². The number of carbonyl (C=O) groups excluding carboxylic acids is 1. The van der Waals surface area contributed by atoms with E-state index >= 15 is 0 Å². The number of nitrogens with zero attached hydrogens (tertiary/aromatic N) is 3. The van der Waals surface area contributed by atoms with E-state index in [1.807, 2.05) is 7.05 Å². The maximum absolute atomic E-state index is 11.8. The van der Waals surface area contributed by atoms with E-state index in [9.17, 15) is 4.79 Å². The molecule has 0 bridgehead atoms. The van der Waals surface area contributed by atoms with Crippen molar-refractivity contribution in [1.29, 1.82) is 0 Å². The van der Waals surface area contributed by atoms with Crippen molar-refractivity contribution >= 4 is 23.1 Å². The van der Waals surface area contributed by atoms with Crippen molar-refractivity contribution in [2.75, 3.05) is 56.2 Å². The fraction of sp³-hybridized carbons (Fsp3) is 0.533. The standard InChI is InChI=1S/C30H43N5O2/c1-3-35(30(32-2)25-11-13-26(14-12-25)34-17-19-37-20-18-34)27-15-9-24(10-16-27)28(21-29(31)36)33-22-23-7-5-4-6-8-23/h9-16,23,28,33H,3-8,17-22H2,1-2H3,(H2,31,36). The van der Waals surface area contributed by atoms with Crippen molar-refractivity contribution in [3.05, 3.63) is 59.7 Å². The molecule has 37 heavy (non-hydrogen) atoms. The minimum atomic E-state index is -0.277. The molecule has 3 N–H and O–H groups in total. The first kappa shape index (κ1) is 27.1. The van der Waals surface area contributed by atoms with Gasteiger partial charge in [-0.15, -0.1) is 0 Å². The maximum Gasteiger partial charge on any atom is 0.219 e. The van der Waals surface area contributed by atoms with E-state index in [0.29, 0.717) is 12.3 Å². The molecule has 2 aromatic carbocycles. The summed E-state index contributed by atoms with van der Waals surface area (Å²) in [7, 11) is 1.85. The van der Waals surface area contributed by atoms with Crippen LogP contribution in [-0.2, 0) is 9.53 Å². The second-order valence-electron chi connectivity index (χ2n) is 10.2. The van der Waals surface area contributed by atoms with Crippen molar-refractivity contribution in [3.63, 3.8) is 0 Å². The number of anilines is 2. The highest BCUT2D eigenvalue weighted by Crippen LogP contribution is 2.27. The minimum absolute atomic E-state index is 0.0596. The number of carbonyl (C=O) groups is 1. The van der Waals surface area contributed by atoms with Gasteiger partial charge < -0.3 is 25.6 Å². The van der Waals surface area contributed by atoms with Crippen LogP contribution in [0.1, 0.15) is 62.6 Å². The zero-order valence-electron chi connectivity index (χ0n) is 22.5. The number of hydrogen-bond acceptors (Lipinski definition) is 5. The number of aliphatic imine (C=N–C) groups is 1. The zero-order chi connectivity index (χ0) is 26.0. The van der Waals surface area contributed by atoms with E-state index in [2.05, 4.69) is 75.6 Å². The predicted octanol–water partition coefficient (Wildman–Crippen LogP) is 4.51. The molecular weight excluding hydrogens is 462 g/mol. The van der Waals surface area contributed by atoms with Crippen LogP contribution in [0.2, 0.25) is 0 Å². The molecule has 1 saturated heterocycles. The quantitative estimate of drug-likeness (QED) is 0.367. The molecule has 1 aliphatic heterocycles. The lowest BCUT2D eigenvalue weighted by atomic mass is 9.89. The Morgan fingerprint density at radius 2 is 1.76 bits per heavy atom. The highest BCUT2D eigenvalue weighted by atomic mass is 16.5. The highest BCUT2D eigenvalue weighted by molar-refractivity contribution is 6.10. The van der Waals surface area contributed by atoms with Crippen molar-refractivity contribution in [3.8, 4) is 0 Å². The summed E-state index contributed by atoms with van der Waals surface area (Å²) in [6, 6.07) is 17.1. The summed E-state index contributed by atoms with van der Waals surface area (Å²) >= 11 is 0. The molecule has 1 heterocycles. The number of ether oxygens (including phenoxy) is 1. The highest BCUT2D eigenvalue weighted by Gasteiger charge is 2.20. The first-order valence-electron chi connectivity index (χ1n) is 13.9. The Bertz CT molecular complexity index is 1010. The molecule has 1 unspecified atom stereocenters. The third kappa shape index (κ3) is 7.33. The molecular formula is C30H43N5O2. The number of benzene rings is 2. The smallest absolute Gasteiger partial charge is 0.219 e. The Balaban J connectivity index is 1.46. The third-order valence-electron chi connectivity index (χ3n) is 7.68. The van der Waals surface area contributed by atoms with E-state index in [1.165, 1.54) is 37.8 Å². The van der Waals surface area contributed by atoms with Crippen LogP contribution < -0.4 is 20.9 Å². The van der Waals surface area contributed by atoms with Crippen molar-refractivity contribution in [2.24, 2.45) is 16.6 Å². The third-order valence-corrected chi connectivity index (χ3v) is 7.68. The molecule has 0 aromatic heterocycles. The lowest BCUT2D eigenvalue weighted by Gasteiger charge is -2.29. The van der Waals surface area contributed by atoms with Gasteiger partial charge in [0.1, 0.15) is 5.84 Å². The van der Waals surface area contributed by atoms with Crippen LogP contribution in [0.15, 0.2) is 53.5 Å².